The highest BCUT2D eigenvalue weighted by Gasteiger charge is 2.39. The Hall–Kier alpha value is -1.10. The quantitative estimate of drug-likeness (QED) is 0.531. The van der Waals surface area contributed by atoms with E-state index in [0.29, 0.717) is 6.42 Å². The molecule has 1 fully saturated rings. The zero-order valence-corrected chi connectivity index (χ0v) is 5.90. The highest BCUT2D eigenvalue weighted by molar-refractivity contribution is 5.74. The summed E-state index contributed by atoms with van der Waals surface area (Å²) in [6, 6.07) is -0.400. The van der Waals surface area contributed by atoms with Gasteiger partial charge in [0.25, 0.3) is 0 Å². The van der Waals surface area contributed by atoms with Crippen molar-refractivity contribution in [3.63, 3.8) is 0 Å². The molecule has 2 rings (SSSR count). The summed E-state index contributed by atoms with van der Waals surface area (Å²) in [5.74, 6) is -0.773. The summed E-state index contributed by atoms with van der Waals surface area (Å²) >= 11 is 0. The van der Waals surface area contributed by atoms with E-state index in [0.717, 1.165) is 6.42 Å². The minimum atomic E-state index is -0.773. The summed E-state index contributed by atoms with van der Waals surface area (Å²) in [5.41, 5.74) is 2.81. The minimum absolute atomic E-state index is 0.0519. The molecule has 0 aliphatic carbocycles. The van der Waals surface area contributed by atoms with E-state index in [9.17, 15) is 4.79 Å². The van der Waals surface area contributed by atoms with E-state index in [1.165, 1.54) is 0 Å². The van der Waals surface area contributed by atoms with Crippen molar-refractivity contribution < 1.29 is 9.90 Å². The molecule has 0 radical (unpaired) electrons. The van der Waals surface area contributed by atoms with Crippen LogP contribution in [0.3, 0.4) is 0 Å². The minimum Gasteiger partial charge on any atom is -0.480 e. The molecule has 60 valence electrons. The number of carboxylic acid groups (broad SMARTS) is 1. The Kier molecular flexibility index (Phi) is 1.32. The molecule has 0 bridgehead atoms. The van der Waals surface area contributed by atoms with E-state index in [2.05, 4.69) is 10.4 Å². The maximum atomic E-state index is 10.6. The second kappa shape index (κ2) is 2.20. The first-order valence-electron chi connectivity index (χ1n) is 3.58. The summed E-state index contributed by atoms with van der Waals surface area (Å²) in [6.07, 6.45) is 3.13. The Morgan fingerprint density at radius 1 is 1.73 bits per heavy atom. The fourth-order valence-corrected chi connectivity index (χ4v) is 1.54. The number of nitrogens with one attached hydrogen (secondary N) is 1. The van der Waals surface area contributed by atoms with Gasteiger partial charge in [-0.1, -0.05) is 0 Å². The SMILES string of the molecule is O=C(O)C1CCC2N=CNN21. The van der Waals surface area contributed by atoms with Crippen LogP contribution in [-0.4, -0.2) is 34.6 Å². The lowest BCUT2D eigenvalue weighted by Gasteiger charge is -2.18. The first-order valence-corrected chi connectivity index (χ1v) is 3.58. The van der Waals surface area contributed by atoms with Gasteiger partial charge in [0.05, 0.1) is 6.34 Å². The van der Waals surface area contributed by atoms with Crippen molar-refractivity contribution in [1.82, 2.24) is 10.4 Å². The molecule has 2 N–H and O–H groups in total. The second-order valence-electron chi connectivity index (χ2n) is 2.73. The normalized spacial score (nSPS) is 35.3. The predicted molar refractivity (Wildman–Crippen MR) is 37.9 cm³/mol. The number of carbonyl (C=O) groups is 1. The highest BCUT2D eigenvalue weighted by Crippen LogP contribution is 2.24. The smallest absolute Gasteiger partial charge is 0.322 e. The van der Waals surface area contributed by atoms with Gasteiger partial charge in [-0.25, -0.2) is 0 Å². The van der Waals surface area contributed by atoms with Crippen LogP contribution in [0, 0.1) is 0 Å². The van der Waals surface area contributed by atoms with Crippen molar-refractivity contribution in [3.05, 3.63) is 0 Å². The Labute approximate surface area is 63.7 Å². The van der Waals surface area contributed by atoms with Gasteiger partial charge in [-0.3, -0.25) is 9.79 Å². The van der Waals surface area contributed by atoms with Crippen LogP contribution in [0.5, 0.6) is 0 Å². The first-order chi connectivity index (χ1) is 5.29. The number of hydrazine groups is 1. The number of rotatable bonds is 1. The number of aliphatic carboxylic acids is 1. The number of hydrogen-bond donors (Lipinski definition) is 2. The average Bonchev–Trinajstić information content (AvgIpc) is 2.41. The topological polar surface area (TPSA) is 64.9 Å². The van der Waals surface area contributed by atoms with E-state index >= 15 is 0 Å². The van der Waals surface area contributed by atoms with Crippen molar-refractivity contribution >= 4 is 12.3 Å². The molecule has 11 heavy (non-hydrogen) atoms. The van der Waals surface area contributed by atoms with Crippen LogP contribution in [0.15, 0.2) is 4.99 Å². The molecular weight excluding hydrogens is 146 g/mol. The Morgan fingerprint density at radius 2 is 2.55 bits per heavy atom. The van der Waals surface area contributed by atoms with Crippen molar-refractivity contribution in [3.8, 4) is 0 Å². The second-order valence-corrected chi connectivity index (χ2v) is 2.73. The number of hydrogen-bond acceptors (Lipinski definition) is 4. The zero-order valence-electron chi connectivity index (χ0n) is 5.90. The van der Waals surface area contributed by atoms with Gasteiger partial charge in [-0.2, -0.15) is 5.01 Å². The molecule has 0 aromatic rings. The molecule has 0 amide bonds. The highest BCUT2D eigenvalue weighted by atomic mass is 16.4. The monoisotopic (exact) mass is 155 g/mol. The van der Waals surface area contributed by atoms with Crippen LogP contribution < -0.4 is 5.43 Å². The molecule has 2 unspecified atom stereocenters. The fourth-order valence-electron chi connectivity index (χ4n) is 1.54. The van der Waals surface area contributed by atoms with E-state index in [-0.39, 0.29) is 6.17 Å². The van der Waals surface area contributed by atoms with E-state index in [4.69, 9.17) is 5.11 Å². The molecule has 2 heterocycles. The van der Waals surface area contributed by atoms with Gasteiger partial charge in [0.1, 0.15) is 12.2 Å². The number of fused-ring (bicyclic) bond motifs is 1. The standard InChI is InChI=1S/C6H9N3O2/c10-6(11)4-1-2-5-7-3-8-9(4)5/h3-5H,1-2H2,(H,7,8)(H,10,11). The third kappa shape index (κ3) is 0.883. The maximum Gasteiger partial charge on any atom is 0.322 e. The molecule has 2 aliphatic heterocycles. The van der Waals surface area contributed by atoms with Crippen LogP contribution in [-0.2, 0) is 4.79 Å². The fraction of sp³-hybridized carbons (Fsp3) is 0.667. The first kappa shape index (κ1) is 6.60. The van der Waals surface area contributed by atoms with Gasteiger partial charge in [0.15, 0.2) is 0 Å². The van der Waals surface area contributed by atoms with Gasteiger partial charge in [-0.05, 0) is 12.8 Å². The van der Waals surface area contributed by atoms with E-state index in [1.54, 1.807) is 11.3 Å². The maximum absolute atomic E-state index is 10.6. The summed E-state index contributed by atoms with van der Waals surface area (Å²) in [6.45, 7) is 0. The molecule has 5 heteroatoms. The lowest BCUT2D eigenvalue weighted by atomic mass is 10.2. The van der Waals surface area contributed by atoms with E-state index in [1.807, 2.05) is 0 Å². The summed E-state index contributed by atoms with van der Waals surface area (Å²) < 4.78 is 0. The number of carboxylic acids is 1. The Morgan fingerprint density at radius 3 is 3.27 bits per heavy atom. The largest absolute Gasteiger partial charge is 0.480 e. The molecule has 1 saturated heterocycles. The zero-order chi connectivity index (χ0) is 7.84. The number of nitrogens with zero attached hydrogens (tertiary/aromatic N) is 2. The summed E-state index contributed by atoms with van der Waals surface area (Å²) in [5, 5.41) is 10.4. The van der Waals surface area contributed by atoms with E-state index < -0.39 is 12.0 Å². The molecule has 0 saturated carbocycles. The molecule has 2 aliphatic rings. The lowest BCUT2D eigenvalue weighted by molar-refractivity contribution is -0.143. The van der Waals surface area contributed by atoms with Gasteiger partial charge >= 0.3 is 5.97 Å². The molecule has 2 atom stereocenters. The van der Waals surface area contributed by atoms with Crippen molar-refractivity contribution in [2.75, 3.05) is 0 Å². The average molecular weight is 155 g/mol. The molecule has 0 aromatic heterocycles. The summed E-state index contributed by atoms with van der Waals surface area (Å²) in [7, 11) is 0. The van der Waals surface area contributed by atoms with Gasteiger partial charge in [0.2, 0.25) is 0 Å². The third-order valence-electron chi connectivity index (χ3n) is 2.09. The Balaban J connectivity index is 2.12. The van der Waals surface area contributed by atoms with Crippen LogP contribution in [0.25, 0.3) is 0 Å². The van der Waals surface area contributed by atoms with Gasteiger partial charge in [-0.15, -0.1) is 0 Å². The van der Waals surface area contributed by atoms with Crippen molar-refractivity contribution in [1.29, 1.82) is 0 Å². The molecular formula is C6H9N3O2. The van der Waals surface area contributed by atoms with Crippen molar-refractivity contribution in [2.24, 2.45) is 4.99 Å². The molecule has 5 nitrogen and oxygen atoms in total. The predicted octanol–water partition coefficient (Wildman–Crippen LogP) is -0.592. The number of aliphatic imine (C=N–C) groups is 1. The van der Waals surface area contributed by atoms with Crippen LogP contribution in [0.4, 0.5) is 0 Å². The Bertz CT molecular complexity index is 216. The molecule has 0 spiro atoms. The lowest BCUT2D eigenvalue weighted by Crippen LogP contribution is -2.44. The molecule has 0 aromatic carbocycles. The van der Waals surface area contributed by atoms with Crippen molar-refractivity contribution in [2.45, 2.75) is 25.0 Å². The van der Waals surface area contributed by atoms with Crippen LogP contribution in [0.2, 0.25) is 0 Å². The van der Waals surface area contributed by atoms with Gasteiger partial charge in [0, 0.05) is 0 Å². The van der Waals surface area contributed by atoms with Crippen LogP contribution >= 0.6 is 0 Å². The third-order valence-corrected chi connectivity index (χ3v) is 2.09. The summed E-state index contributed by atoms with van der Waals surface area (Å²) in [4.78, 5) is 14.7. The van der Waals surface area contributed by atoms with Crippen LogP contribution in [0.1, 0.15) is 12.8 Å². The van der Waals surface area contributed by atoms with Gasteiger partial charge < -0.3 is 10.5 Å².